The number of thioether (sulfide) groups is 1. The largest absolute Gasteiger partial charge is 0.489 e. The molecule has 1 aliphatic carbocycles. The Bertz CT molecular complexity index is 2150. The third kappa shape index (κ3) is 9.85. The molecule has 11 heteroatoms. The summed E-state index contributed by atoms with van der Waals surface area (Å²) in [6, 6.07) is 32.9. The average Bonchev–Trinajstić information content (AvgIpc) is 3.54. The summed E-state index contributed by atoms with van der Waals surface area (Å²) in [6.07, 6.45) is 4.23. The second-order valence-corrected chi connectivity index (χ2v) is 15.5. The summed E-state index contributed by atoms with van der Waals surface area (Å²) in [6.45, 7) is 4.40. The fourth-order valence-corrected chi connectivity index (χ4v) is 8.31. The van der Waals surface area contributed by atoms with E-state index >= 15 is 0 Å². The molecule has 0 fully saturated rings. The van der Waals surface area contributed by atoms with E-state index in [0.717, 1.165) is 40.2 Å². The Morgan fingerprint density at radius 1 is 0.907 bits per heavy atom. The van der Waals surface area contributed by atoms with Gasteiger partial charge >= 0.3 is 5.97 Å². The lowest BCUT2D eigenvalue weighted by atomic mass is 9.88. The third-order valence-electron chi connectivity index (χ3n) is 8.88. The lowest BCUT2D eigenvalue weighted by Gasteiger charge is -2.18. The van der Waals surface area contributed by atoms with Crippen molar-refractivity contribution >= 4 is 63.6 Å². The van der Waals surface area contributed by atoms with Crippen LogP contribution in [-0.2, 0) is 33.8 Å². The van der Waals surface area contributed by atoms with Crippen molar-refractivity contribution in [3.63, 3.8) is 0 Å². The fraction of sp³-hybridized carbons (Fsp3) is 0.209. The predicted octanol–water partition coefficient (Wildman–Crippen LogP) is 8.77. The molecule has 4 aromatic carbocycles. The molecule has 2 unspecified atom stereocenters. The Kier molecular flexibility index (Phi) is 12.6. The molecule has 2 atom stereocenters. The van der Waals surface area contributed by atoms with Gasteiger partial charge in [0.25, 0.3) is 11.8 Å². The Morgan fingerprint density at radius 2 is 1.63 bits per heavy atom. The minimum atomic E-state index is -0.528. The molecule has 276 valence electrons. The minimum Gasteiger partial charge on any atom is -0.489 e. The van der Waals surface area contributed by atoms with Crippen molar-refractivity contribution in [2.24, 2.45) is 5.92 Å². The number of esters is 1. The zero-order chi connectivity index (χ0) is 38.0. The molecule has 0 saturated carbocycles. The molecule has 9 nitrogen and oxygen atoms in total. The standard InChI is InChI=1S/C43H41N3O6S2/c1-27-17-22-35-37(23-27)54-42(38(35)43(50)51-3)46-39(47)28(2)53-34-16-10-15-32(25-34)44-41(49)36(45-40(48)31-13-8-5-9-14-31)24-29-18-20-33(21-19-29)52-26-30-11-6-4-7-12-30/h4-16,18-21,24-25,27-28H,17,22-23,26H2,1-3H3,(H,44,49)(H,45,48)(H,46,47)/b36-24+. The van der Waals surface area contributed by atoms with Gasteiger partial charge in [-0.05, 0) is 97.3 Å². The van der Waals surface area contributed by atoms with Gasteiger partial charge in [0.15, 0.2) is 0 Å². The highest BCUT2D eigenvalue weighted by molar-refractivity contribution is 8.00. The van der Waals surface area contributed by atoms with Gasteiger partial charge in [-0.25, -0.2) is 4.79 Å². The van der Waals surface area contributed by atoms with Crippen molar-refractivity contribution in [1.29, 1.82) is 0 Å². The first-order valence-electron chi connectivity index (χ1n) is 17.6. The summed E-state index contributed by atoms with van der Waals surface area (Å²) in [5.74, 6) is -0.476. The molecule has 1 aliphatic rings. The lowest BCUT2D eigenvalue weighted by Crippen LogP contribution is -2.30. The highest BCUT2D eigenvalue weighted by Crippen LogP contribution is 2.40. The third-order valence-corrected chi connectivity index (χ3v) is 11.1. The van der Waals surface area contributed by atoms with Crippen LogP contribution in [-0.4, -0.2) is 36.1 Å². The number of rotatable bonds is 13. The quantitative estimate of drug-likeness (QED) is 0.0623. The van der Waals surface area contributed by atoms with Gasteiger partial charge in [-0.1, -0.05) is 73.7 Å². The van der Waals surface area contributed by atoms with Crippen molar-refractivity contribution in [3.05, 3.63) is 148 Å². The maximum absolute atomic E-state index is 13.7. The summed E-state index contributed by atoms with van der Waals surface area (Å²) in [5.41, 5.74) is 4.09. The molecule has 0 spiro atoms. The van der Waals surface area contributed by atoms with Crippen LogP contribution in [0.1, 0.15) is 62.6 Å². The second-order valence-electron chi connectivity index (χ2n) is 13.0. The molecule has 54 heavy (non-hydrogen) atoms. The molecule has 3 N–H and O–H groups in total. The van der Waals surface area contributed by atoms with Gasteiger partial charge in [-0.15, -0.1) is 23.1 Å². The zero-order valence-corrected chi connectivity index (χ0v) is 31.9. The predicted molar refractivity (Wildman–Crippen MR) is 215 cm³/mol. The Balaban J connectivity index is 1.14. The van der Waals surface area contributed by atoms with Gasteiger partial charge in [0.1, 0.15) is 23.1 Å². The van der Waals surface area contributed by atoms with Crippen molar-refractivity contribution in [2.45, 2.75) is 49.9 Å². The van der Waals surface area contributed by atoms with Crippen LogP contribution in [0.5, 0.6) is 5.75 Å². The monoisotopic (exact) mass is 759 g/mol. The number of thiophene rings is 1. The summed E-state index contributed by atoms with van der Waals surface area (Å²) in [7, 11) is 1.35. The molecular formula is C43H41N3O6S2. The molecule has 1 heterocycles. The van der Waals surface area contributed by atoms with Crippen LogP contribution >= 0.6 is 23.1 Å². The van der Waals surface area contributed by atoms with Gasteiger partial charge < -0.3 is 25.4 Å². The van der Waals surface area contributed by atoms with Crippen molar-refractivity contribution in [2.75, 3.05) is 17.7 Å². The maximum atomic E-state index is 13.7. The summed E-state index contributed by atoms with van der Waals surface area (Å²) >= 11 is 2.77. The van der Waals surface area contributed by atoms with Crippen LogP contribution in [0.4, 0.5) is 10.7 Å². The first-order valence-corrected chi connectivity index (χ1v) is 19.3. The van der Waals surface area contributed by atoms with Crippen LogP contribution in [0.15, 0.2) is 120 Å². The van der Waals surface area contributed by atoms with Crippen molar-refractivity contribution in [3.8, 4) is 5.75 Å². The molecule has 6 rings (SSSR count). The van der Waals surface area contributed by atoms with Gasteiger partial charge in [0, 0.05) is 21.0 Å². The number of fused-ring (bicyclic) bond motifs is 1. The number of hydrogen-bond acceptors (Lipinski definition) is 8. The summed E-state index contributed by atoms with van der Waals surface area (Å²) < 4.78 is 11.0. The molecule has 0 aliphatic heterocycles. The average molecular weight is 760 g/mol. The molecule has 1 aromatic heterocycles. The SMILES string of the molecule is COC(=O)c1c(NC(=O)C(C)Sc2cccc(NC(=O)/C(=C\c3ccc(OCc4ccccc4)cc3)NC(=O)c3ccccc3)c2)sc2c1CCC(C)C2. The Morgan fingerprint density at radius 3 is 2.35 bits per heavy atom. The van der Waals surface area contributed by atoms with Crippen molar-refractivity contribution < 1.29 is 28.7 Å². The van der Waals surface area contributed by atoms with E-state index in [2.05, 4.69) is 22.9 Å². The number of carbonyl (C=O) groups is 4. The van der Waals surface area contributed by atoms with Crippen LogP contribution < -0.4 is 20.7 Å². The van der Waals surface area contributed by atoms with Crippen LogP contribution in [0.25, 0.3) is 6.08 Å². The van der Waals surface area contributed by atoms with Gasteiger partial charge in [0.05, 0.1) is 17.9 Å². The Labute approximate surface area is 323 Å². The van der Waals surface area contributed by atoms with E-state index in [1.54, 1.807) is 55.5 Å². The van der Waals surface area contributed by atoms with Crippen LogP contribution in [0.2, 0.25) is 0 Å². The number of methoxy groups -OCH3 is 1. The van der Waals surface area contributed by atoms with Gasteiger partial charge in [-0.3, -0.25) is 14.4 Å². The van der Waals surface area contributed by atoms with E-state index in [1.807, 2.05) is 66.7 Å². The molecule has 3 amide bonds. The number of amides is 3. The molecular weight excluding hydrogens is 719 g/mol. The second kappa shape index (κ2) is 17.9. The normalized spacial score (nSPS) is 14.3. The number of nitrogens with one attached hydrogen (secondary N) is 3. The molecule has 0 saturated heterocycles. The number of benzene rings is 4. The fourth-order valence-electron chi connectivity index (χ4n) is 5.98. The smallest absolute Gasteiger partial charge is 0.341 e. The van der Waals surface area contributed by atoms with Crippen LogP contribution in [0.3, 0.4) is 0 Å². The lowest BCUT2D eigenvalue weighted by molar-refractivity contribution is -0.115. The Hall–Kier alpha value is -5.65. The maximum Gasteiger partial charge on any atom is 0.341 e. The van der Waals surface area contributed by atoms with E-state index in [9.17, 15) is 19.2 Å². The summed E-state index contributed by atoms with van der Waals surface area (Å²) in [5, 5.41) is 8.65. The topological polar surface area (TPSA) is 123 Å². The van der Waals surface area contributed by atoms with E-state index in [1.165, 1.54) is 30.2 Å². The van der Waals surface area contributed by atoms with E-state index < -0.39 is 23.0 Å². The van der Waals surface area contributed by atoms with Crippen LogP contribution in [0, 0.1) is 5.92 Å². The zero-order valence-electron chi connectivity index (χ0n) is 30.2. The number of ether oxygens (including phenoxy) is 2. The highest BCUT2D eigenvalue weighted by Gasteiger charge is 2.30. The highest BCUT2D eigenvalue weighted by atomic mass is 32.2. The number of hydrogen-bond donors (Lipinski definition) is 3. The molecule has 5 aromatic rings. The molecule has 0 radical (unpaired) electrons. The van der Waals surface area contributed by atoms with E-state index in [0.29, 0.717) is 45.7 Å². The van der Waals surface area contributed by atoms with E-state index in [-0.39, 0.29) is 11.6 Å². The van der Waals surface area contributed by atoms with E-state index in [4.69, 9.17) is 9.47 Å². The van der Waals surface area contributed by atoms with Gasteiger partial charge in [-0.2, -0.15) is 0 Å². The summed E-state index contributed by atoms with van der Waals surface area (Å²) in [4.78, 5) is 54.9. The minimum absolute atomic E-state index is 0.0436. The number of anilines is 2. The first kappa shape index (κ1) is 38.1. The molecule has 0 bridgehead atoms. The number of carbonyl (C=O) groups excluding carboxylic acids is 4. The van der Waals surface area contributed by atoms with Crippen molar-refractivity contribution in [1.82, 2.24) is 5.32 Å². The first-order chi connectivity index (χ1) is 26.2. The van der Waals surface area contributed by atoms with Gasteiger partial charge in [0.2, 0.25) is 5.91 Å².